The van der Waals surface area contributed by atoms with E-state index < -0.39 is 17.4 Å². The zero-order valence-corrected chi connectivity index (χ0v) is 28.3. The molecule has 48 heavy (non-hydrogen) atoms. The van der Waals surface area contributed by atoms with E-state index in [-0.39, 0.29) is 6.42 Å². The van der Waals surface area contributed by atoms with Crippen molar-refractivity contribution in [1.82, 2.24) is 24.7 Å². The maximum absolute atomic E-state index is 15.4. The van der Waals surface area contributed by atoms with Crippen LogP contribution in [0, 0.1) is 19.7 Å². The first kappa shape index (κ1) is 33.0. The molecule has 7 rings (SSSR count). The number of halogens is 1. The third kappa shape index (κ3) is 6.73. The highest BCUT2D eigenvalue weighted by atomic mass is 19.1. The first-order valence-corrected chi connectivity index (χ1v) is 16.2. The Morgan fingerprint density at radius 2 is 1.75 bits per heavy atom. The summed E-state index contributed by atoms with van der Waals surface area (Å²) in [6, 6.07) is 9.80. The summed E-state index contributed by atoms with van der Waals surface area (Å²) in [4.78, 5) is 28.0. The van der Waals surface area contributed by atoms with Gasteiger partial charge in [0.05, 0.1) is 30.2 Å². The normalized spacial score (nSPS) is 14.1. The molecule has 0 radical (unpaired) electrons. The minimum absolute atomic E-state index is 0.210. The smallest absolute Gasteiger partial charge is 0.307 e. The summed E-state index contributed by atoms with van der Waals surface area (Å²) in [7, 11) is 1.87. The number of aliphatic carboxylic acids is 1. The average Bonchev–Trinajstić information content (AvgIpc) is 3.41. The second kappa shape index (κ2) is 13.0. The third-order valence-electron chi connectivity index (χ3n) is 8.57. The minimum atomic E-state index is -0.958. The number of carboxylic acid groups (broad SMARTS) is 1. The predicted octanol–water partition coefficient (Wildman–Crippen LogP) is 6.14. The molecule has 2 aliphatic heterocycles. The molecule has 2 N–H and O–H groups in total. The van der Waals surface area contributed by atoms with E-state index in [1.807, 2.05) is 33.2 Å². The van der Waals surface area contributed by atoms with Gasteiger partial charge in [0.2, 0.25) is 0 Å². The Labute approximate surface area is 279 Å². The molecule has 11 heteroatoms. The van der Waals surface area contributed by atoms with Crippen LogP contribution >= 0.6 is 0 Å². The fourth-order valence-corrected chi connectivity index (χ4v) is 6.60. The standard InChI is InChI=1S/C33H31FN6O3.C4H10O/c1-18-25(14-28(41)42)30(24-12-22-5-4-10-43-31(22)27(34)13-24)29(19(2)38-18)21-6-7-23-16-40(9-8-20(23)11-21)33-26-15-37-39(3)32(26)35-17-36-33;1-4(2,3)5/h6-7,11-13,15,17H,4-5,8-10,14,16H2,1-3H3,(H,41,42);5H,1-3H3. The maximum atomic E-state index is 15.4. The molecule has 3 aromatic heterocycles. The maximum Gasteiger partial charge on any atom is 0.307 e. The van der Waals surface area contributed by atoms with Gasteiger partial charge in [-0.25, -0.2) is 14.4 Å². The minimum Gasteiger partial charge on any atom is -0.490 e. The van der Waals surface area contributed by atoms with Crippen molar-refractivity contribution in [3.8, 4) is 28.0 Å². The number of rotatable bonds is 5. The van der Waals surface area contributed by atoms with Gasteiger partial charge in [0.25, 0.3) is 0 Å². The van der Waals surface area contributed by atoms with E-state index in [9.17, 15) is 9.90 Å². The number of benzene rings is 2. The molecule has 0 saturated carbocycles. The van der Waals surface area contributed by atoms with E-state index in [0.29, 0.717) is 42.1 Å². The number of carbonyl (C=O) groups is 1. The lowest BCUT2D eigenvalue weighted by molar-refractivity contribution is -0.136. The Bertz CT molecular complexity index is 2030. The van der Waals surface area contributed by atoms with Crippen molar-refractivity contribution >= 4 is 22.8 Å². The van der Waals surface area contributed by atoms with E-state index in [1.165, 1.54) is 17.2 Å². The molecule has 2 aliphatic rings. The van der Waals surface area contributed by atoms with Crippen LogP contribution in [-0.4, -0.2) is 59.7 Å². The van der Waals surface area contributed by atoms with Crippen molar-refractivity contribution in [3.05, 3.63) is 82.3 Å². The Morgan fingerprint density at radius 1 is 1.00 bits per heavy atom. The van der Waals surface area contributed by atoms with Gasteiger partial charge in [0, 0.05) is 37.1 Å². The number of aromatic nitrogens is 5. The molecule has 10 nitrogen and oxygen atoms in total. The third-order valence-corrected chi connectivity index (χ3v) is 8.57. The summed E-state index contributed by atoms with van der Waals surface area (Å²) in [5, 5.41) is 23.6. The van der Waals surface area contributed by atoms with E-state index in [2.05, 4.69) is 38.2 Å². The Balaban J connectivity index is 0.000000749. The average molecular weight is 653 g/mol. The zero-order chi connectivity index (χ0) is 34.3. The van der Waals surface area contributed by atoms with Crippen LogP contribution in [0.1, 0.15) is 60.8 Å². The first-order valence-electron chi connectivity index (χ1n) is 16.2. The second-order valence-corrected chi connectivity index (χ2v) is 13.5. The van der Waals surface area contributed by atoms with Gasteiger partial charge in [-0.05, 0) is 105 Å². The van der Waals surface area contributed by atoms with Gasteiger partial charge in [-0.3, -0.25) is 14.5 Å². The molecule has 0 atom stereocenters. The molecule has 0 bridgehead atoms. The lowest BCUT2D eigenvalue weighted by atomic mass is 9.85. The molecule has 0 aliphatic carbocycles. The number of nitrogens with zero attached hydrogens (tertiary/aromatic N) is 6. The summed E-state index contributed by atoms with van der Waals surface area (Å²) in [5.74, 6) is -0.222. The number of anilines is 1. The van der Waals surface area contributed by atoms with Crippen LogP contribution in [-0.2, 0) is 37.6 Å². The van der Waals surface area contributed by atoms with Gasteiger partial charge in [0.1, 0.15) is 12.1 Å². The van der Waals surface area contributed by atoms with E-state index in [1.54, 1.807) is 31.8 Å². The monoisotopic (exact) mass is 652 g/mol. The SMILES string of the molecule is CC(C)(C)O.Cc1nc(C)c(-c2ccc3c(c2)CCN(c2ncnc4c2cnn4C)C3)c(-c2cc(F)c3c(c2)CCCO3)c1CC(=O)O. The van der Waals surface area contributed by atoms with Crippen molar-refractivity contribution in [1.29, 1.82) is 0 Å². The van der Waals surface area contributed by atoms with Crippen LogP contribution < -0.4 is 9.64 Å². The van der Waals surface area contributed by atoms with Crippen LogP contribution in [0.5, 0.6) is 5.75 Å². The van der Waals surface area contributed by atoms with E-state index >= 15 is 4.39 Å². The van der Waals surface area contributed by atoms with Crippen molar-refractivity contribution in [3.63, 3.8) is 0 Å². The summed E-state index contributed by atoms with van der Waals surface area (Å²) in [6.45, 7) is 10.9. The number of hydrogen-bond donors (Lipinski definition) is 2. The molecule has 250 valence electrons. The topological polar surface area (TPSA) is 126 Å². The Kier molecular flexibility index (Phi) is 8.91. The fourth-order valence-electron chi connectivity index (χ4n) is 6.60. The van der Waals surface area contributed by atoms with Crippen LogP contribution in [0.3, 0.4) is 0 Å². The second-order valence-electron chi connectivity index (χ2n) is 13.5. The van der Waals surface area contributed by atoms with Gasteiger partial charge in [-0.1, -0.05) is 18.2 Å². The highest BCUT2D eigenvalue weighted by Gasteiger charge is 2.26. The summed E-state index contributed by atoms with van der Waals surface area (Å²) in [5.41, 5.74) is 8.63. The van der Waals surface area contributed by atoms with Gasteiger partial charge in [-0.2, -0.15) is 5.10 Å². The van der Waals surface area contributed by atoms with Crippen LogP contribution in [0.4, 0.5) is 10.2 Å². The number of aliphatic hydroxyl groups is 1. The quantitative estimate of drug-likeness (QED) is 0.230. The lowest BCUT2D eigenvalue weighted by Gasteiger charge is -2.30. The first-order chi connectivity index (χ1) is 22.8. The van der Waals surface area contributed by atoms with Gasteiger partial charge in [-0.15, -0.1) is 0 Å². The molecule has 0 amide bonds. The molecule has 0 unspecified atom stereocenters. The summed E-state index contributed by atoms with van der Waals surface area (Å²) < 4.78 is 22.8. The lowest BCUT2D eigenvalue weighted by Crippen LogP contribution is -2.31. The highest BCUT2D eigenvalue weighted by molar-refractivity contribution is 5.91. The van der Waals surface area contributed by atoms with E-state index in [4.69, 9.17) is 14.8 Å². The van der Waals surface area contributed by atoms with Crippen LogP contribution in [0.2, 0.25) is 0 Å². The molecule has 0 saturated heterocycles. The molecular weight excluding hydrogens is 611 g/mol. The van der Waals surface area contributed by atoms with Crippen molar-refractivity contribution in [2.75, 3.05) is 18.1 Å². The van der Waals surface area contributed by atoms with Crippen molar-refractivity contribution in [2.24, 2.45) is 7.05 Å². The molecule has 0 fully saturated rings. The number of fused-ring (bicyclic) bond motifs is 3. The fraction of sp³-hybridized carbons (Fsp3) is 0.378. The molecule has 0 spiro atoms. The van der Waals surface area contributed by atoms with Gasteiger partial charge < -0.3 is 19.8 Å². The molecule has 5 heterocycles. The summed E-state index contributed by atoms with van der Waals surface area (Å²) in [6.07, 6.45) is 5.50. The summed E-state index contributed by atoms with van der Waals surface area (Å²) >= 11 is 0. The molecule has 2 aromatic carbocycles. The molecule has 5 aromatic rings. The highest BCUT2D eigenvalue weighted by Crippen LogP contribution is 2.42. The molecular formula is C37H41FN6O4. The largest absolute Gasteiger partial charge is 0.490 e. The predicted molar refractivity (Wildman–Crippen MR) is 183 cm³/mol. The van der Waals surface area contributed by atoms with Crippen molar-refractivity contribution < 1.29 is 24.1 Å². The van der Waals surface area contributed by atoms with Crippen molar-refractivity contribution in [2.45, 2.75) is 72.4 Å². The number of aryl methyl sites for hydroxylation is 4. The van der Waals surface area contributed by atoms with Crippen LogP contribution in [0.25, 0.3) is 33.3 Å². The zero-order valence-electron chi connectivity index (χ0n) is 28.3. The van der Waals surface area contributed by atoms with Gasteiger partial charge in [0.15, 0.2) is 17.2 Å². The number of ether oxygens (including phenoxy) is 1. The van der Waals surface area contributed by atoms with Crippen LogP contribution in [0.15, 0.2) is 42.9 Å². The van der Waals surface area contributed by atoms with E-state index in [0.717, 1.165) is 64.2 Å². The number of hydrogen-bond acceptors (Lipinski definition) is 8. The Hall–Kier alpha value is -4.90. The Morgan fingerprint density at radius 3 is 2.50 bits per heavy atom. The van der Waals surface area contributed by atoms with Gasteiger partial charge >= 0.3 is 5.97 Å². The number of pyridine rings is 1. The number of carboxylic acids is 1.